The van der Waals surface area contributed by atoms with Crippen LogP contribution in [-0.4, -0.2) is 30.2 Å². The first-order valence-electron chi connectivity index (χ1n) is 6.52. The molecule has 0 radical (unpaired) electrons. The van der Waals surface area contributed by atoms with Crippen molar-refractivity contribution in [2.75, 3.05) is 0 Å². The average molecular weight is 366 g/mol. The van der Waals surface area contributed by atoms with Crippen molar-refractivity contribution in [2.24, 2.45) is 5.73 Å². The van der Waals surface area contributed by atoms with E-state index in [4.69, 9.17) is 10.5 Å². The van der Waals surface area contributed by atoms with Crippen LogP contribution in [0.25, 0.3) is 0 Å². The molecule has 104 valence electrons. The Labute approximate surface area is 123 Å². The molecule has 0 bridgehead atoms. The zero-order valence-corrected chi connectivity index (χ0v) is 13.4. The maximum Gasteiger partial charge on any atom is 0.217 e. The lowest BCUT2D eigenvalue weighted by Gasteiger charge is -2.36. The van der Waals surface area contributed by atoms with E-state index < -0.39 is 0 Å². The Bertz CT molecular complexity index is 316. The fraction of sp³-hybridized carbons (Fsp3) is 0.769. The number of nitrogens with one attached hydrogen (secondary N) is 1. The van der Waals surface area contributed by atoms with Gasteiger partial charge in [0.15, 0.2) is 0 Å². The summed E-state index contributed by atoms with van der Waals surface area (Å²) in [6.07, 6.45) is 4.93. The van der Waals surface area contributed by atoms with E-state index in [0.717, 1.165) is 19.3 Å². The maximum atomic E-state index is 11.3. The predicted octanol–water partition coefficient (Wildman–Crippen LogP) is 2.11. The minimum atomic E-state index is -0.124. The van der Waals surface area contributed by atoms with Crippen LogP contribution in [0, 0.1) is 0 Å². The van der Waals surface area contributed by atoms with Crippen molar-refractivity contribution in [3.63, 3.8) is 0 Å². The zero-order valence-electron chi connectivity index (χ0n) is 11.3. The lowest BCUT2D eigenvalue weighted by atomic mass is 9.93. The first-order valence-corrected chi connectivity index (χ1v) is 7.60. The molecule has 5 heteroatoms. The lowest BCUT2D eigenvalue weighted by Crippen LogP contribution is -2.56. The van der Waals surface area contributed by atoms with Crippen molar-refractivity contribution in [3.8, 4) is 0 Å². The number of carbonyl (C=O) groups excluding carboxylic acids is 1. The summed E-state index contributed by atoms with van der Waals surface area (Å²) in [4.78, 5) is 11.3. The van der Waals surface area contributed by atoms with Gasteiger partial charge in [-0.15, -0.1) is 0 Å². The molecule has 1 rings (SSSR count). The third-order valence-electron chi connectivity index (χ3n) is 3.22. The average Bonchev–Trinajstić information content (AvgIpc) is 2.29. The Hall–Kier alpha value is -0.140. The predicted molar refractivity (Wildman–Crippen MR) is 81.5 cm³/mol. The largest absolute Gasteiger partial charge is 0.369 e. The van der Waals surface area contributed by atoms with E-state index in [2.05, 4.69) is 47.8 Å². The number of nitrogens with two attached hydrogens (primary N) is 1. The van der Waals surface area contributed by atoms with Gasteiger partial charge < -0.3 is 15.8 Å². The van der Waals surface area contributed by atoms with Gasteiger partial charge in [0.05, 0.1) is 18.2 Å². The van der Waals surface area contributed by atoms with E-state index in [9.17, 15) is 4.79 Å². The van der Waals surface area contributed by atoms with Crippen molar-refractivity contribution in [3.05, 3.63) is 9.66 Å². The normalized spacial score (nSPS) is 28.1. The Morgan fingerprint density at radius 1 is 1.61 bits per heavy atom. The SMILES string of the molecule is CCC(CC)O[C@@H]1C=C(I)C[C@H](N)[C@H]1NC(C)=O. The van der Waals surface area contributed by atoms with Crippen LogP contribution in [0.4, 0.5) is 0 Å². The van der Waals surface area contributed by atoms with Gasteiger partial charge in [0, 0.05) is 13.0 Å². The number of halogens is 1. The molecule has 0 aromatic heterocycles. The molecule has 0 spiro atoms. The monoisotopic (exact) mass is 366 g/mol. The standard InChI is InChI=1S/C13H23IN2O2/c1-4-10(5-2)18-12-7-9(14)6-11(15)13(12)16-8(3)17/h7,10-13H,4-6,15H2,1-3H3,(H,16,17)/t11-,12+,13+/m0/s1. The van der Waals surface area contributed by atoms with E-state index >= 15 is 0 Å². The third-order valence-corrected chi connectivity index (χ3v) is 4.02. The molecule has 3 N–H and O–H groups in total. The van der Waals surface area contributed by atoms with Crippen LogP contribution in [0.3, 0.4) is 0 Å². The number of amides is 1. The second kappa shape index (κ2) is 7.45. The van der Waals surface area contributed by atoms with Gasteiger partial charge in [0.25, 0.3) is 0 Å². The summed E-state index contributed by atoms with van der Waals surface area (Å²) in [6.45, 7) is 5.74. The topological polar surface area (TPSA) is 64.3 Å². The molecule has 0 saturated heterocycles. The molecule has 0 aliphatic heterocycles. The van der Waals surface area contributed by atoms with Crippen molar-refractivity contribution >= 4 is 28.5 Å². The third kappa shape index (κ3) is 4.51. The Morgan fingerprint density at radius 2 is 2.22 bits per heavy atom. The molecule has 1 aliphatic carbocycles. The number of rotatable bonds is 5. The molecule has 0 heterocycles. The summed E-state index contributed by atoms with van der Waals surface area (Å²) < 4.78 is 7.27. The van der Waals surface area contributed by atoms with E-state index in [1.807, 2.05) is 0 Å². The highest BCUT2D eigenvalue weighted by atomic mass is 127. The van der Waals surface area contributed by atoms with Crippen LogP contribution in [0.1, 0.15) is 40.0 Å². The lowest BCUT2D eigenvalue weighted by molar-refractivity contribution is -0.121. The molecule has 0 aromatic carbocycles. The quantitative estimate of drug-likeness (QED) is 0.733. The van der Waals surface area contributed by atoms with Crippen LogP contribution in [-0.2, 0) is 9.53 Å². The molecule has 4 nitrogen and oxygen atoms in total. The van der Waals surface area contributed by atoms with Crippen LogP contribution in [0.2, 0.25) is 0 Å². The summed E-state index contributed by atoms with van der Waals surface area (Å²) >= 11 is 2.29. The number of carbonyl (C=O) groups is 1. The Kier molecular flexibility index (Phi) is 6.59. The Morgan fingerprint density at radius 3 is 2.72 bits per heavy atom. The Balaban J connectivity index is 2.79. The van der Waals surface area contributed by atoms with Crippen molar-refractivity contribution in [1.29, 1.82) is 0 Å². The van der Waals surface area contributed by atoms with Crippen LogP contribution < -0.4 is 11.1 Å². The molecule has 1 amide bonds. The summed E-state index contributed by atoms with van der Waals surface area (Å²) in [6, 6.07) is -0.202. The van der Waals surface area contributed by atoms with Gasteiger partial charge in [-0.05, 0) is 51.5 Å². The summed E-state index contributed by atoms with van der Waals surface area (Å²) in [7, 11) is 0. The van der Waals surface area contributed by atoms with Crippen LogP contribution in [0.15, 0.2) is 9.66 Å². The summed E-state index contributed by atoms with van der Waals surface area (Å²) in [5, 5.41) is 2.92. The van der Waals surface area contributed by atoms with Crippen molar-refractivity contribution < 1.29 is 9.53 Å². The van der Waals surface area contributed by atoms with Gasteiger partial charge in [-0.1, -0.05) is 13.8 Å². The molecule has 3 atom stereocenters. The first kappa shape index (κ1) is 15.9. The van der Waals surface area contributed by atoms with E-state index in [1.54, 1.807) is 0 Å². The molecule has 0 fully saturated rings. The second-order valence-electron chi connectivity index (χ2n) is 4.75. The molecule has 0 aromatic rings. The fourth-order valence-corrected chi connectivity index (χ4v) is 3.06. The van der Waals surface area contributed by atoms with E-state index in [-0.39, 0.29) is 30.2 Å². The highest BCUT2D eigenvalue weighted by molar-refractivity contribution is 14.1. The molecule has 1 aliphatic rings. The fourth-order valence-electron chi connectivity index (χ4n) is 2.20. The van der Waals surface area contributed by atoms with Crippen LogP contribution >= 0.6 is 22.6 Å². The van der Waals surface area contributed by atoms with E-state index in [1.165, 1.54) is 10.5 Å². The van der Waals surface area contributed by atoms with E-state index in [0.29, 0.717) is 0 Å². The minimum absolute atomic E-state index is 0.0566. The number of hydrogen-bond donors (Lipinski definition) is 2. The summed E-state index contributed by atoms with van der Waals surface area (Å²) in [5.74, 6) is -0.0566. The molecule has 0 saturated carbocycles. The van der Waals surface area contributed by atoms with Crippen LogP contribution in [0.5, 0.6) is 0 Å². The van der Waals surface area contributed by atoms with Gasteiger partial charge in [-0.25, -0.2) is 0 Å². The highest BCUT2D eigenvalue weighted by Crippen LogP contribution is 2.26. The van der Waals surface area contributed by atoms with Gasteiger partial charge in [-0.2, -0.15) is 0 Å². The van der Waals surface area contributed by atoms with Crippen molar-refractivity contribution in [2.45, 2.75) is 64.3 Å². The number of hydrogen-bond acceptors (Lipinski definition) is 3. The van der Waals surface area contributed by atoms with Crippen molar-refractivity contribution in [1.82, 2.24) is 5.32 Å². The maximum absolute atomic E-state index is 11.3. The molecular weight excluding hydrogens is 343 g/mol. The van der Waals surface area contributed by atoms with Gasteiger partial charge in [0.1, 0.15) is 0 Å². The second-order valence-corrected chi connectivity index (χ2v) is 6.13. The molecule has 18 heavy (non-hydrogen) atoms. The molecular formula is C13H23IN2O2. The summed E-state index contributed by atoms with van der Waals surface area (Å²) in [5.41, 5.74) is 6.13. The first-order chi connectivity index (χ1) is 8.47. The van der Waals surface area contributed by atoms with Gasteiger partial charge in [0.2, 0.25) is 5.91 Å². The highest BCUT2D eigenvalue weighted by Gasteiger charge is 2.33. The zero-order chi connectivity index (χ0) is 13.7. The number of ether oxygens (including phenoxy) is 1. The van der Waals surface area contributed by atoms with Gasteiger partial charge >= 0.3 is 0 Å². The molecule has 0 unspecified atom stereocenters. The smallest absolute Gasteiger partial charge is 0.217 e. The minimum Gasteiger partial charge on any atom is -0.369 e. The van der Waals surface area contributed by atoms with Gasteiger partial charge in [-0.3, -0.25) is 4.79 Å².